The molecule has 19 heavy (non-hydrogen) atoms. The fourth-order valence-corrected chi connectivity index (χ4v) is 3.49. The molecule has 1 heterocycles. The van der Waals surface area contributed by atoms with Gasteiger partial charge in [0.15, 0.2) is 9.84 Å². The van der Waals surface area contributed by atoms with Crippen molar-refractivity contribution < 1.29 is 17.6 Å². The van der Waals surface area contributed by atoms with Crippen LogP contribution in [0.15, 0.2) is 29.2 Å². The molecule has 1 aliphatic heterocycles. The lowest BCUT2D eigenvalue weighted by molar-refractivity contribution is -0.133. The standard InChI is InChI=1S/C12H11FN2O3S/c13-9-1-3-10(4-2-9)19(17,18)11-7-15(8-11)12(16)5-6-14/h1-4,11H,5,7-8H2. The average molecular weight is 282 g/mol. The second-order valence-corrected chi connectivity index (χ2v) is 6.48. The molecule has 1 aromatic carbocycles. The summed E-state index contributed by atoms with van der Waals surface area (Å²) in [5, 5.41) is 7.70. The van der Waals surface area contributed by atoms with Crippen molar-refractivity contribution in [3.05, 3.63) is 30.1 Å². The van der Waals surface area contributed by atoms with Crippen LogP contribution in [0.4, 0.5) is 4.39 Å². The summed E-state index contributed by atoms with van der Waals surface area (Å²) in [6.07, 6.45) is -0.247. The number of amides is 1. The predicted octanol–water partition coefficient (Wildman–Crippen LogP) is 0.724. The number of rotatable bonds is 3. The van der Waals surface area contributed by atoms with Crippen LogP contribution in [0.5, 0.6) is 0 Å². The van der Waals surface area contributed by atoms with E-state index in [0.717, 1.165) is 12.1 Å². The molecular weight excluding hydrogens is 271 g/mol. The Balaban J connectivity index is 2.07. The van der Waals surface area contributed by atoms with Gasteiger partial charge in [-0.1, -0.05) is 0 Å². The molecule has 1 aliphatic rings. The molecule has 100 valence electrons. The molecule has 1 saturated heterocycles. The van der Waals surface area contributed by atoms with Gasteiger partial charge in [0, 0.05) is 13.1 Å². The van der Waals surface area contributed by atoms with Crippen LogP contribution >= 0.6 is 0 Å². The van der Waals surface area contributed by atoms with Gasteiger partial charge < -0.3 is 4.90 Å². The van der Waals surface area contributed by atoms with E-state index in [4.69, 9.17) is 5.26 Å². The van der Waals surface area contributed by atoms with Crippen LogP contribution in [0.2, 0.25) is 0 Å². The van der Waals surface area contributed by atoms with E-state index in [1.54, 1.807) is 6.07 Å². The van der Waals surface area contributed by atoms with Crippen LogP contribution < -0.4 is 0 Å². The lowest BCUT2D eigenvalue weighted by Gasteiger charge is -2.38. The molecule has 0 N–H and O–H groups in total. The molecule has 7 heteroatoms. The molecule has 0 spiro atoms. The first-order valence-electron chi connectivity index (χ1n) is 5.59. The fourth-order valence-electron chi connectivity index (χ4n) is 1.83. The van der Waals surface area contributed by atoms with Crippen LogP contribution in [0.1, 0.15) is 6.42 Å². The van der Waals surface area contributed by atoms with E-state index in [1.807, 2.05) is 0 Å². The van der Waals surface area contributed by atoms with Gasteiger partial charge >= 0.3 is 0 Å². The Morgan fingerprint density at radius 2 is 1.95 bits per heavy atom. The Labute approximate surface area is 110 Å². The molecule has 0 aliphatic carbocycles. The minimum absolute atomic E-state index is 0.0475. The zero-order chi connectivity index (χ0) is 14.0. The molecule has 5 nitrogen and oxygen atoms in total. The van der Waals surface area contributed by atoms with Gasteiger partial charge in [-0.25, -0.2) is 12.8 Å². The second-order valence-electron chi connectivity index (χ2n) is 4.25. The first-order valence-corrected chi connectivity index (χ1v) is 7.14. The van der Waals surface area contributed by atoms with Crippen LogP contribution in [0.3, 0.4) is 0 Å². The molecule has 2 rings (SSSR count). The Hall–Kier alpha value is -1.94. The van der Waals surface area contributed by atoms with Crippen molar-refractivity contribution in [1.82, 2.24) is 4.90 Å². The SMILES string of the molecule is N#CCC(=O)N1CC(S(=O)(=O)c2ccc(F)cc2)C1. The number of halogens is 1. The number of likely N-dealkylation sites (tertiary alicyclic amines) is 1. The number of hydrogen-bond acceptors (Lipinski definition) is 4. The van der Waals surface area contributed by atoms with E-state index in [2.05, 4.69) is 0 Å². The zero-order valence-electron chi connectivity index (χ0n) is 9.91. The van der Waals surface area contributed by atoms with Crippen molar-refractivity contribution in [3.63, 3.8) is 0 Å². The smallest absolute Gasteiger partial charge is 0.236 e. The van der Waals surface area contributed by atoms with E-state index in [-0.39, 0.29) is 30.3 Å². The highest BCUT2D eigenvalue weighted by Crippen LogP contribution is 2.24. The normalized spacial score (nSPS) is 15.7. The molecule has 1 fully saturated rings. The van der Waals surface area contributed by atoms with Crippen LogP contribution in [-0.4, -0.2) is 37.6 Å². The maximum atomic E-state index is 12.7. The number of nitriles is 1. The summed E-state index contributed by atoms with van der Waals surface area (Å²) in [5.74, 6) is -0.869. The largest absolute Gasteiger partial charge is 0.339 e. The zero-order valence-corrected chi connectivity index (χ0v) is 10.7. The summed E-state index contributed by atoms with van der Waals surface area (Å²) >= 11 is 0. The fraction of sp³-hybridized carbons (Fsp3) is 0.333. The van der Waals surface area contributed by atoms with E-state index in [9.17, 15) is 17.6 Å². The van der Waals surface area contributed by atoms with Gasteiger partial charge in [0.1, 0.15) is 17.5 Å². The molecule has 0 aromatic heterocycles. The van der Waals surface area contributed by atoms with Gasteiger partial charge in [0.25, 0.3) is 0 Å². The highest BCUT2D eigenvalue weighted by molar-refractivity contribution is 7.92. The molecule has 0 atom stereocenters. The first kappa shape index (κ1) is 13.5. The Kier molecular flexibility index (Phi) is 3.53. The third kappa shape index (κ3) is 2.58. The first-order chi connectivity index (χ1) is 8.95. The summed E-state index contributed by atoms with van der Waals surface area (Å²) in [4.78, 5) is 12.7. The van der Waals surface area contributed by atoms with Crippen molar-refractivity contribution in [2.75, 3.05) is 13.1 Å². The number of nitrogens with zero attached hydrogens (tertiary/aromatic N) is 2. The molecule has 1 aromatic rings. The summed E-state index contributed by atoms with van der Waals surface area (Å²) in [7, 11) is -3.54. The number of carbonyl (C=O) groups excluding carboxylic acids is 1. The molecule has 0 unspecified atom stereocenters. The van der Waals surface area contributed by atoms with E-state index < -0.39 is 20.9 Å². The quantitative estimate of drug-likeness (QED) is 0.765. The van der Waals surface area contributed by atoms with E-state index in [1.165, 1.54) is 17.0 Å². The minimum Gasteiger partial charge on any atom is -0.339 e. The third-order valence-corrected chi connectivity index (χ3v) is 5.12. The number of sulfone groups is 1. The number of hydrogen-bond donors (Lipinski definition) is 0. The maximum Gasteiger partial charge on any atom is 0.236 e. The highest BCUT2D eigenvalue weighted by atomic mass is 32.2. The van der Waals surface area contributed by atoms with Crippen molar-refractivity contribution in [1.29, 1.82) is 5.26 Å². The van der Waals surface area contributed by atoms with Gasteiger partial charge in [-0.05, 0) is 24.3 Å². The summed E-state index contributed by atoms with van der Waals surface area (Å²) < 4.78 is 37.0. The minimum atomic E-state index is -3.54. The molecule has 0 radical (unpaired) electrons. The lowest BCUT2D eigenvalue weighted by atomic mass is 10.2. The monoisotopic (exact) mass is 282 g/mol. The van der Waals surface area contributed by atoms with Gasteiger partial charge in [0.05, 0.1) is 11.0 Å². The summed E-state index contributed by atoms with van der Waals surface area (Å²) in [6.45, 7) is 0.167. The third-order valence-electron chi connectivity index (χ3n) is 3.01. The van der Waals surface area contributed by atoms with Crippen LogP contribution in [0, 0.1) is 17.1 Å². The Bertz CT molecular complexity index is 628. The summed E-state index contributed by atoms with van der Waals surface area (Å²) in [6, 6.07) is 6.33. The van der Waals surface area contributed by atoms with Gasteiger partial charge in [-0.3, -0.25) is 4.79 Å². The van der Waals surface area contributed by atoms with Gasteiger partial charge in [-0.15, -0.1) is 0 Å². The van der Waals surface area contributed by atoms with Crippen LogP contribution in [0.25, 0.3) is 0 Å². The second kappa shape index (κ2) is 4.97. The molecule has 0 bridgehead atoms. The lowest BCUT2D eigenvalue weighted by Crippen LogP contribution is -2.56. The Morgan fingerprint density at radius 3 is 2.47 bits per heavy atom. The van der Waals surface area contributed by atoms with Crippen molar-refractivity contribution in [3.8, 4) is 6.07 Å². The van der Waals surface area contributed by atoms with E-state index in [0.29, 0.717) is 0 Å². The van der Waals surface area contributed by atoms with Crippen LogP contribution in [-0.2, 0) is 14.6 Å². The maximum absolute atomic E-state index is 12.7. The van der Waals surface area contributed by atoms with Crippen molar-refractivity contribution in [2.24, 2.45) is 0 Å². The van der Waals surface area contributed by atoms with Gasteiger partial charge in [-0.2, -0.15) is 5.26 Å². The summed E-state index contributed by atoms with van der Waals surface area (Å²) in [5.41, 5.74) is 0. The number of carbonyl (C=O) groups is 1. The molecular formula is C12H11FN2O3S. The number of benzene rings is 1. The van der Waals surface area contributed by atoms with E-state index >= 15 is 0 Å². The van der Waals surface area contributed by atoms with Gasteiger partial charge in [0.2, 0.25) is 5.91 Å². The molecule has 0 saturated carbocycles. The highest BCUT2D eigenvalue weighted by Gasteiger charge is 2.40. The topological polar surface area (TPSA) is 78.2 Å². The van der Waals surface area contributed by atoms with Crippen molar-refractivity contribution >= 4 is 15.7 Å². The van der Waals surface area contributed by atoms with Crippen molar-refractivity contribution in [2.45, 2.75) is 16.6 Å². The average Bonchev–Trinajstić information content (AvgIpc) is 2.27. The Morgan fingerprint density at radius 1 is 1.37 bits per heavy atom. The predicted molar refractivity (Wildman–Crippen MR) is 64.2 cm³/mol. The molecule has 1 amide bonds.